The van der Waals surface area contributed by atoms with Crippen molar-refractivity contribution in [1.29, 1.82) is 0 Å². The molecule has 0 unspecified atom stereocenters. The third-order valence-electron chi connectivity index (χ3n) is 7.19. The van der Waals surface area contributed by atoms with E-state index < -0.39 is 18.1 Å². The summed E-state index contributed by atoms with van der Waals surface area (Å²) in [5.41, 5.74) is 8.51. The quantitative estimate of drug-likeness (QED) is 0.467. The molecule has 6 rings (SSSR count). The van der Waals surface area contributed by atoms with Crippen LogP contribution in [0.1, 0.15) is 18.4 Å². The molecule has 1 amide bonds. The zero-order chi connectivity index (χ0) is 25.0. The molecule has 3 aliphatic rings. The molecule has 2 aliphatic heterocycles. The lowest BCUT2D eigenvalue weighted by Crippen LogP contribution is -2.59. The van der Waals surface area contributed by atoms with Crippen molar-refractivity contribution in [3.63, 3.8) is 0 Å². The normalized spacial score (nSPS) is 21.5. The predicted octanol–water partition coefficient (Wildman–Crippen LogP) is 3.86. The standard InChI is InChI=1S/C25H26F2N6O3/c1-12-18(8-31-24-23(12)29-2-3-35-24)17-4-13-5-20(30-9-19(13)22(28)21(17)27)32-25(34)36-16-6-15(7-16)33-10-14(26)11-33/h4-5,8-9,14-16,29H,2-3,6-7,10-11,28H2,1H3,(H,30,32,34)/t15-,16-. The van der Waals surface area contributed by atoms with Crippen molar-refractivity contribution in [3.8, 4) is 17.0 Å². The molecule has 4 N–H and O–H groups in total. The van der Waals surface area contributed by atoms with E-state index in [1.165, 1.54) is 6.20 Å². The average Bonchev–Trinajstić information content (AvgIpc) is 2.82. The van der Waals surface area contributed by atoms with Gasteiger partial charge < -0.3 is 20.5 Å². The van der Waals surface area contributed by atoms with Crippen LogP contribution in [0.25, 0.3) is 21.9 Å². The van der Waals surface area contributed by atoms with Gasteiger partial charge in [0.05, 0.1) is 5.69 Å². The van der Waals surface area contributed by atoms with E-state index in [0.29, 0.717) is 66.9 Å². The molecule has 0 atom stereocenters. The molecule has 4 heterocycles. The van der Waals surface area contributed by atoms with Crippen LogP contribution in [-0.2, 0) is 4.74 Å². The second-order valence-electron chi connectivity index (χ2n) is 9.52. The van der Waals surface area contributed by atoms with Gasteiger partial charge in [0.25, 0.3) is 0 Å². The fraction of sp³-hybridized carbons (Fsp3) is 0.400. The van der Waals surface area contributed by atoms with Crippen LogP contribution in [-0.4, -0.2) is 65.5 Å². The summed E-state index contributed by atoms with van der Waals surface area (Å²) in [7, 11) is 0. The summed E-state index contributed by atoms with van der Waals surface area (Å²) in [5.74, 6) is 0.186. The second kappa shape index (κ2) is 8.74. The first-order chi connectivity index (χ1) is 17.4. The van der Waals surface area contributed by atoms with Crippen molar-refractivity contribution in [3.05, 3.63) is 35.9 Å². The number of benzene rings is 1. The van der Waals surface area contributed by atoms with E-state index in [1.807, 2.05) is 6.92 Å². The van der Waals surface area contributed by atoms with Gasteiger partial charge in [0, 0.05) is 67.4 Å². The Kier molecular flexibility index (Phi) is 5.51. The minimum Gasteiger partial charge on any atom is -0.474 e. The first-order valence-electron chi connectivity index (χ1n) is 12.0. The Morgan fingerprint density at radius 3 is 2.83 bits per heavy atom. The molecular formula is C25H26F2N6O3. The molecule has 36 heavy (non-hydrogen) atoms. The van der Waals surface area contributed by atoms with E-state index in [0.717, 1.165) is 11.3 Å². The number of nitrogen functional groups attached to an aromatic ring is 1. The van der Waals surface area contributed by atoms with E-state index in [2.05, 4.69) is 25.5 Å². The van der Waals surface area contributed by atoms with Crippen molar-refractivity contribution in [2.75, 3.05) is 42.6 Å². The number of alkyl halides is 1. The molecule has 2 fully saturated rings. The van der Waals surface area contributed by atoms with E-state index >= 15 is 4.39 Å². The lowest BCUT2D eigenvalue weighted by molar-refractivity contribution is -0.0575. The van der Waals surface area contributed by atoms with Gasteiger partial charge in [-0.1, -0.05) is 0 Å². The van der Waals surface area contributed by atoms with Gasteiger partial charge in [-0.25, -0.2) is 23.5 Å². The van der Waals surface area contributed by atoms with E-state index in [-0.39, 0.29) is 23.7 Å². The molecule has 0 spiro atoms. The third kappa shape index (κ3) is 3.93. The monoisotopic (exact) mass is 496 g/mol. The Bertz CT molecular complexity index is 1360. The molecule has 1 saturated carbocycles. The molecule has 1 aliphatic carbocycles. The Morgan fingerprint density at radius 2 is 2.06 bits per heavy atom. The number of ether oxygens (including phenoxy) is 2. The van der Waals surface area contributed by atoms with Crippen molar-refractivity contribution >= 4 is 34.1 Å². The summed E-state index contributed by atoms with van der Waals surface area (Å²) >= 11 is 0. The highest BCUT2D eigenvalue weighted by molar-refractivity contribution is 5.99. The van der Waals surface area contributed by atoms with Crippen LogP contribution in [0.15, 0.2) is 24.5 Å². The number of nitrogens with zero attached hydrogens (tertiary/aromatic N) is 3. The number of carbonyl (C=O) groups is 1. The molecule has 2 aromatic heterocycles. The number of hydrogen-bond acceptors (Lipinski definition) is 8. The second-order valence-corrected chi connectivity index (χ2v) is 9.52. The van der Waals surface area contributed by atoms with Gasteiger partial charge in [0.1, 0.15) is 30.4 Å². The highest BCUT2D eigenvalue weighted by Crippen LogP contribution is 2.39. The molecule has 3 aromatic rings. The summed E-state index contributed by atoms with van der Waals surface area (Å²) < 4.78 is 39.4. The number of aromatic nitrogens is 2. The first-order valence-corrected chi connectivity index (χ1v) is 12.0. The van der Waals surface area contributed by atoms with Crippen LogP contribution in [0.2, 0.25) is 0 Å². The summed E-state index contributed by atoms with van der Waals surface area (Å²) in [4.78, 5) is 23.0. The first kappa shape index (κ1) is 22.7. The molecule has 0 radical (unpaired) electrons. The van der Waals surface area contributed by atoms with E-state index in [9.17, 15) is 9.18 Å². The Balaban J connectivity index is 1.21. The van der Waals surface area contributed by atoms with Crippen molar-refractivity contribution in [2.45, 2.75) is 38.1 Å². The lowest BCUT2D eigenvalue weighted by Gasteiger charge is -2.47. The Labute approximate surface area is 206 Å². The highest BCUT2D eigenvalue weighted by atomic mass is 19.1. The number of anilines is 3. The number of likely N-dealkylation sites (tertiary alicyclic amines) is 1. The number of amides is 1. The lowest BCUT2D eigenvalue weighted by atomic mass is 9.86. The number of halogens is 2. The highest BCUT2D eigenvalue weighted by Gasteiger charge is 2.41. The number of nitrogens with one attached hydrogen (secondary N) is 2. The van der Waals surface area contributed by atoms with E-state index in [4.69, 9.17) is 15.2 Å². The van der Waals surface area contributed by atoms with Gasteiger partial charge in [0.15, 0.2) is 5.82 Å². The molecule has 1 saturated heterocycles. The van der Waals surface area contributed by atoms with Crippen LogP contribution >= 0.6 is 0 Å². The minimum absolute atomic E-state index is 0.0347. The molecule has 11 heteroatoms. The van der Waals surface area contributed by atoms with Gasteiger partial charge in [0.2, 0.25) is 5.88 Å². The molecule has 9 nitrogen and oxygen atoms in total. The minimum atomic E-state index is -0.742. The molecule has 188 valence electrons. The third-order valence-corrected chi connectivity index (χ3v) is 7.19. The van der Waals surface area contributed by atoms with Crippen LogP contribution in [0.5, 0.6) is 5.88 Å². The zero-order valence-electron chi connectivity index (χ0n) is 19.7. The summed E-state index contributed by atoms with van der Waals surface area (Å²) in [5, 5.41) is 6.93. The number of rotatable bonds is 4. The number of nitrogens with two attached hydrogens (primary N) is 1. The maximum absolute atomic E-state index is 15.3. The molecular weight excluding hydrogens is 470 g/mol. The average molecular weight is 497 g/mol. The van der Waals surface area contributed by atoms with Gasteiger partial charge in [-0.3, -0.25) is 10.2 Å². The topological polar surface area (TPSA) is 115 Å². The van der Waals surface area contributed by atoms with Crippen molar-refractivity contribution in [1.82, 2.24) is 14.9 Å². The largest absolute Gasteiger partial charge is 0.474 e. The predicted molar refractivity (Wildman–Crippen MR) is 131 cm³/mol. The number of fused-ring (bicyclic) bond motifs is 2. The van der Waals surface area contributed by atoms with Gasteiger partial charge in [-0.2, -0.15) is 0 Å². The van der Waals surface area contributed by atoms with E-state index in [1.54, 1.807) is 18.3 Å². The van der Waals surface area contributed by atoms with Crippen LogP contribution in [0, 0.1) is 12.7 Å². The van der Waals surface area contributed by atoms with Gasteiger partial charge >= 0.3 is 6.09 Å². The van der Waals surface area contributed by atoms with Crippen molar-refractivity contribution in [2.24, 2.45) is 0 Å². The van der Waals surface area contributed by atoms with Crippen molar-refractivity contribution < 1.29 is 23.0 Å². The fourth-order valence-electron chi connectivity index (χ4n) is 5.03. The van der Waals surface area contributed by atoms with Crippen LogP contribution in [0.4, 0.5) is 30.8 Å². The fourth-order valence-corrected chi connectivity index (χ4v) is 5.03. The molecule has 1 aromatic carbocycles. The summed E-state index contributed by atoms with van der Waals surface area (Å²) in [6.45, 7) is 3.94. The van der Waals surface area contributed by atoms with Gasteiger partial charge in [-0.15, -0.1) is 0 Å². The smallest absolute Gasteiger partial charge is 0.413 e. The van der Waals surface area contributed by atoms with Crippen LogP contribution < -0.4 is 21.1 Å². The maximum Gasteiger partial charge on any atom is 0.413 e. The van der Waals surface area contributed by atoms with Crippen LogP contribution in [0.3, 0.4) is 0 Å². The Hall–Kier alpha value is -3.73. The molecule has 0 bridgehead atoms. The number of pyridine rings is 2. The summed E-state index contributed by atoms with van der Waals surface area (Å²) in [6.07, 6.45) is 2.82. The number of carbonyl (C=O) groups excluding carboxylic acids is 1. The Morgan fingerprint density at radius 1 is 1.25 bits per heavy atom. The summed E-state index contributed by atoms with van der Waals surface area (Å²) in [6, 6.07) is 3.57. The zero-order valence-corrected chi connectivity index (χ0v) is 19.7. The SMILES string of the molecule is Cc1c(-c2cc3cc(NC(=O)O[C@H]4C[C@H](N5CC(F)C5)C4)ncc3c(N)c2F)cnc2c1NCCO2. The number of hydrogen-bond donors (Lipinski definition) is 3. The maximum atomic E-state index is 15.3. The van der Waals surface area contributed by atoms with Gasteiger partial charge in [-0.05, 0) is 30.0 Å².